The minimum atomic E-state index is -0.501. The summed E-state index contributed by atoms with van der Waals surface area (Å²) in [5, 5.41) is 9.64. The van der Waals surface area contributed by atoms with Crippen molar-refractivity contribution in [2.75, 3.05) is 0 Å². The van der Waals surface area contributed by atoms with Crippen molar-refractivity contribution in [3.63, 3.8) is 0 Å². The Morgan fingerprint density at radius 3 is 2.36 bits per heavy atom. The standard InChI is InChI=1S/C11H20O3/c1-11(2,3)14-10(13)8-6-4-5-7-9(8)12/h8-9,12H,4-7H2,1-3H3/t8-,9-/m1/s1. The van der Waals surface area contributed by atoms with Gasteiger partial charge in [-0.1, -0.05) is 12.8 Å². The highest BCUT2D eigenvalue weighted by Gasteiger charge is 2.32. The molecule has 14 heavy (non-hydrogen) atoms. The van der Waals surface area contributed by atoms with Crippen LogP contribution >= 0.6 is 0 Å². The van der Waals surface area contributed by atoms with Crippen molar-refractivity contribution in [3.8, 4) is 0 Å². The number of carbonyl (C=O) groups is 1. The lowest BCUT2D eigenvalue weighted by molar-refractivity contribution is -0.165. The van der Waals surface area contributed by atoms with E-state index in [1.165, 1.54) is 0 Å². The summed E-state index contributed by atoms with van der Waals surface area (Å²) in [5.74, 6) is -0.548. The van der Waals surface area contributed by atoms with E-state index in [0.29, 0.717) is 0 Å². The third kappa shape index (κ3) is 3.29. The van der Waals surface area contributed by atoms with Gasteiger partial charge in [0.15, 0.2) is 0 Å². The van der Waals surface area contributed by atoms with E-state index < -0.39 is 11.7 Å². The molecule has 3 nitrogen and oxygen atoms in total. The van der Waals surface area contributed by atoms with Crippen LogP contribution in [0.15, 0.2) is 0 Å². The van der Waals surface area contributed by atoms with E-state index in [1.807, 2.05) is 20.8 Å². The zero-order chi connectivity index (χ0) is 10.8. The van der Waals surface area contributed by atoms with E-state index in [4.69, 9.17) is 4.74 Å². The summed E-state index contributed by atoms with van der Waals surface area (Å²) in [7, 11) is 0. The van der Waals surface area contributed by atoms with E-state index in [9.17, 15) is 9.90 Å². The van der Waals surface area contributed by atoms with Gasteiger partial charge in [-0.2, -0.15) is 0 Å². The van der Waals surface area contributed by atoms with Gasteiger partial charge in [0, 0.05) is 0 Å². The van der Waals surface area contributed by atoms with Gasteiger partial charge in [-0.15, -0.1) is 0 Å². The van der Waals surface area contributed by atoms with Crippen LogP contribution in [0, 0.1) is 5.92 Å². The topological polar surface area (TPSA) is 46.5 Å². The zero-order valence-corrected chi connectivity index (χ0v) is 9.25. The molecule has 0 bridgehead atoms. The van der Waals surface area contributed by atoms with Gasteiger partial charge in [-0.25, -0.2) is 0 Å². The predicted octanol–water partition coefficient (Wildman–Crippen LogP) is 1.88. The molecular weight excluding hydrogens is 180 g/mol. The molecule has 82 valence electrons. The first-order valence-electron chi connectivity index (χ1n) is 5.31. The summed E-state index contributed by atoms with van der Waals surface area (Å²) in [6, 6.07) is 0. The van der Waals surface area contributed by atoms with Gasteiger partial charge in [-0.3, -0.25) is 4.79 Å². The predicted molar refractivity (Wildman–Crippen MR) is 53.8 cm³/mol. The molecule has 1 rings (SSSR count). The molecule has 0 spiro atoms. The highest BCUT2D eigenvalue weighted by atomic mass is 16.6. The number of ether oxygens (including phenoxy) is 1. The average Bonchev–Trinajstić information content (AvgIpc) is 2.01. The van der Waals surface area contributed by atoms with E-state index in [1.54, 1.807) is 0 Å². The molecule has 2 atom stereocenters. The van der Waals surface area contributed by atoms with Gasteiger partial charge in [0.05, 0.1) is 12.0 Å². The third-order valence-corrected chi connectivity index (χ3v) is 2.44. The van der Waals surface area contributed by atoms with Crippen molar-refractivity contribution < 1.29 is 14.6 Å². The number of hydrogen-bond donors (Lipinski definition) is 1. The molecule has 0 aromatic carbocycles. The summed E-state index contributed by atoms with van der Waals surface area (Å²) in [6.45, 7) is 5.54. The molecule has 1 fully saturated rings. The normalized spacial score (nSPS) is 28.6. The van der Waals surface area contributed by atoms with Crippen LogP contribution in [0.1, 0.15) is 46.5 Å². The molecule has 0 saturated heterocycles. The Balaban J connectivity index is 2.50. The molecule has 0 aromatic heterocycles. The molecule has 1 aliphatic rings. The van der Waals surface area contributed by atoms with Crippen LogP contribution in [0.2, 0.25) is 0 Å². The Kier molecular flexibility index (Phi) is 3.53. The lowest BCUT2D eigenvalue weighted by Gasteiger charge is -2.29. The zero-order valence-electron chi connectivity index (χ0n) is 9.25. The fraction of sp³-hybridized carbons (Fsp3) is 0.909. The van der Waals surface area contributed by atoms with Crippen LogP contribution in [-0.2, 0) is 9.53 Å². The maximum atomic E-state index is 11.6. The lowest BCUT2D eigenvalue weighted by Crippen LogP contribution is -2.36. The van der Waals surface area contributed by atoms with E-state index in [-0.39, 0.29) is 11.9 Å². The first-order valence-corrected chi connectivity index (χ1v) is 5.31. The molecule has 1 N–H and O–H groups in total. The van der Waals surface area contributed by atoms with Crippen LogP contribution < -0.4 is 0 Å². The number of carbonyl (C=O) groups excluding carboxylic acids is 1. The second-order valence-electron chi connectivity index (χ2n) is 4.99. The first kappa shape index (κ1) is 11.5. The maximum absolute atomic E-state index is 11.6. The van der Waals surface area contributed by atoms with E-state index in [2.05, 4.69) is 0 Å². The van der Waals surface area contributed by atoms with Crippen LogP contribution in [0.4, 0.5) is 0 Å². The molecule has 0 aliphatic heterocycles. The quantitative estimate of drug-likeness (QED) is 0.657. The van der Waals surface area contributed by atoms with Crippen molar-refractivity contribution >= 4 is 5.97 Å². The van der Waals surface area contributed by atoms with E-state index in [0.717, 1.165) is 25.7 Å². The van der Waals surface area contributed by atoms with Crippen LogP contribution in [0.5, 0.6) is 0 Å². The smallest absolute Gasteiger partial charge is 0.312 e. The van der Waals surface area contributed by atoms with Crippen molar-refractivity contribution in [2.24, 2.45) is 5.92 Å². The second kappa shape index (κ2) is 4.30. The minimum absolute atomic E-state index is 0.246. The number of aliphatic hydroxyl groups excluding tert-OH is 1. The van der Waals surface area contributed by atoms with Crippen molar-refractivity contribution in [1.29, 1.82) is 0 Å². The molecule has 1 saturated carbocycles. The van der Waals surface area contributed by atoms with Gasteiger partial charge in [0.25, 0.3) is 0 Å². The molecule has 3 heteroatoms. The van der Waals surface area contributed by atoms with Crippen molar-refractivity contribution in [3.05, 3.63) is 0 Å². The Morgan fingerprint density at radius 1 is 1.29 bits per heavy atom. The SMILES string of the molecule is CC(C)(C)OC(=O)[C@@H]1CCCC[C@H]1O. The van der Waals surface area contributed by atoms with Gasteiger partial charge < -0.3 is 9.84 Å². The summed E-state index contributed by atoms with van der Waals surface area (Å²) in [6.07, 6.45) is 3.01. The van der Waals surface area contributed by atoms with Gasteiger partial charge in [0.1, 0.15) is 5.60 Å². The number of rotatable bonds is 1. The molecule has 0 aromatic rings. The lowest BCUT2D eigenvalue weighted by atomic mass is 9.86. The Bertz CT molecular complexity index is 205. The van der Waals surface area contributed by atoms with Crippen molar-refractivity contribution in [1.82, 2.24) is 0 Å². The Morgan fingerprint density at radius 2 is 1.86 bits per heavy atom. The highest BCUT2D eigenvalue weighted by Crippen LogP contribution is 2.26. The summed E-state index contributed by atoms with van der Waals surface area (Å²) >= 11 is 0. The third-order valence-electron chi connectivity index (χ3n) is 2.44. The molecular formula is C11H20O3. The number of hydrogen-bond acceptors (Lipinski definition) is 3. The Labute approximate surface area is 85.5 Å². The van der Waals surface area contributed by atoms with Crippen LogP contribution in [0.25, 0.3) is 0 Å². The molecule has 0 radical (unpaired) electrons. The first-order chi connectivity index (χ1) is 6.40. The minimum Gasteiger partial charge on any atom is -0.460 e. The van der Waals surface area contributed by atoms with Gasteiger partial charge in [0.2, 0.25) is 0 Å². The summed E-state index contributed by atoms with van der Waals surface area (Å²) in [4.78, 5) is 11.6. The fourth-order valence-electron chi connectivity index (χ4n) is 1.76. The average molecular weight is 200 g/mol. The van der Waals surface area contributed by atoms with Gasteiger partial charge in [-0.05, 0) is 33.6 Å². The van der Waals surface area contributed by atoms with Crippen LogP contribution in [0.3, 0.4) is 0 Å². The van der Waals surface area contributed by atoms with Gasteiger partial charge >= 0.3 is 5.97 Å². The Hall–Kier alpha value is -0.570. The number of aliphatic hydroxyl groups is 1. The van der Waals surface area contributed by atoms with Crippen LogP contribution in [-0.4, -0.2) is 22.8 Å². The molecule has 1 aliphatic carbocycles. The molecule has 0 amide bonds. The number of esters is 1. The summed E-state index contributed by atoms with van der Waals surface area (Å²) < 4.78 is 5.25. The molecule has 0 heterocycles. The van der Waals surface area contributed by atoms with Crippen molar-refractivity contribution in [2.45, 2.75) is 58.2 Å². The second-order valence-corrected chi connectivity index (χ2v) is 4.99. The largest absolute Gasteiger partial charge is 0.460 e. The fourth-order valence-corrected chi connectivity index (χ4v) is 1.76. The molecule has 0 unspecified atom stereocenters. The highest BCUT2D eigenvalue weighted by molar-refractivity contribution is 5.73. The van der Waals surface area contributed by atoms with E-state index >= 15 is 0 Å². The maximum Gasteiger partial charge on any atom is 0.312 e. The summed E-state index contributed by atoms with van der Waals surface area (Å²) in [5.41, 5.74) is -0.450. The monoisotopic (exact) mass is 200 g/mol.